The molecule has 152 valence electrons. The maximum Gasteiger partial charge on any atom is 0.222 e. The number of hydrogen-bond acceptors (Lipinski definition) is 7. The summed E-state index contributed by atoms with van der Waals surface area (Å²) in [5, 5.41) is 10.7. The molecule has 5 rings (SSSR count). The molecule has 0 spiro atoms. The van der Waals surface area contributed by atoms with Gasteiger partial charge in [-0.3, -0.25) is 10.1 Å². The molecule has 0 saturated heterocycles. The van der Waals surface area contributed by atoms with E-state index in [2.05, 4.69) is 30.5 Å². The number of H-pyrrole nitrogens is 1. The largest absolute Gasteiger partial charge is 0.454 e. The van der Waals surface area contributed by atoms with Crippen LogP contribution in [0.1, 0.15) is 0 Å². The number of aromatic amines is 1. The van der Waals surface area contributed by atoms with E-state index >= 15 is 0 Å². The topological polar surface area (TPSA) is 115 Å². The van der Waals surface area contributed by atoms with Crippen molar-refractivity contribution in [3.8, 4) is 22.8 Å². The monoisotopic (exact) mass is 413 g/mol. The highest BCUT2D eigenvalue weighted by Gasteiger charge is 2.10. The first-order chi connectivity index (χ1) is 15.1. The minimum absolute atomic E-state index is 0.0962. The number of pyridine rings is 1. The minimum atomic E-state index is -0.521. The molecule has 0 unspecified atom stereocenters. The van der Waals surface area contributed by atoms with Gasteiger partial charge < -0.3 is 15.8 Å². The molecule has 3 heterocycles. The molecule has 8 nitrogen and oxygen atoms in total. The van der Waals surface area contributed by atoms with Crippen molar-refractivity contribution in [2.24, 2.45) is 0 Å². The molecule has 2 aromatic carbocycles. The van der Waals surface area contributed by atoms with Crippen molar-refractivity contribution in [3.63, 3.8) is 0 Å². The molecule has 0 radical (unpaired) electrons. The molecule has 0 atom stereocenters. The summed E-state index contributed by atoms with van der Waals surface area (Å²) in [5.41, 5.74) is 8.61. The van der Waals surface area contributed by atoms with Gasteiger partial charge in [0.25, 0.3) is 0 Å². The molecule has 9 heteroatoms. The van der Waals surface area contributed by atoms with E-state index in [-0.39, 0.29) is 11.7 Å². The number of ether oxygens (including phenoxy) is 1. The predicted octanol–water partition coefficient (Wildman–Crippen LogP) is 4.67. The number of nitrogen functional groups attached to an aromatic ring is 1. The molecule has 31 heavy (non-hydrogen) atoms. The van der Waals surface area contributed by atoms with Gasteiger partial charge in [0.1, 0.15) is 11.6 Å². The van der Waals surface area contributed by atoms with Gasteiger partial charge in [-0.2, -0.15) is 10.1 Å². The normalized spacial score (nSPS) is 10.9. The first-order valence-corrected chi connectivity index (χ1v) is 9.36. The van der Waals surface area contributed by atoms with Gasteiger partial charge in [-0.1, -0.05) is 0 Å². The lowest BCUT2D eigenvalue weighted by atomic mass is 10.2. The minimum Gasteiger partial charge on any atom is -0.454 e. The lowest BCUT2D eigenvalue weighted by Gasteiger charge is -2.11. The second-order valence-electron chi connectivity index (χ2n) is 6.73. The SMILES string of the molecule is Nc1nc(Nc2ccc(Oc3ccc4[nH]ncc4c3)c(F)c2)cc(-c2cccnc2)n1. The van der Waals surface area contributed by atoms with Gasteiger partial charge in [0.2, 0.25) is 5.95 Å². The van der Waals surface area contributed by atoms with Gasteiger partial charge in [-0.15, -0.1) is 0 Å². The summed E-state index contributed by atoms with van der Waals surface area (Å²) in [6.07, 6.45) is 5.03. The highest BCUT2D eigenvalue weighted by molar-refractivity contribution is 5.79. The first kappa shape index (κ1) is 18.5. The molecular weight excluding hydrogens is 397 g/mol. The summed E-state index contributed by atoms with van der Waals surface area (Å²) >= 11 is 0. The van der Waals surface area contributed by atoms with E-state index in [0.717, 1.165) is 16.5 Å². The molecule has 5 aromatic rings. The average Bonchev–Trinajstić information content (AvgIpc) is 3.24. The van der Waals surface area contributed by atoms with Crippen LogP contribution in [0.5, 0.6) is 11.5 Å². The molecule has 0 aliphatic rings. The fourth-order valence-corrected chi connectivity index (χ4v) is 3.11. The van der Waals surface area contributed by atoms with Crippen LogP contribution in [0.25, 0.3) is 22.2 Å². The van der Waals surface area contributed by atoms with Crippen LogP contribution in [0.3, 0.4) is 0 Å². The second kappa shape index (κ2) is 7.71. The molecule has 4 N–H and O–H groups in total. The Morgan fingerprint density at radius 2 is 1.94 bits per heavy atom. The second-order valence-corrected chi connectivity index (χ2v) is 6.73. The molecule has 0 bridgehead atoms. The number of nitrogens with zero attached hydrogens (tertiary/aromatic N) is 4. The van der Waals surface area contributed by atoms with Crippen molar-refractivity contribution in [2.45, 2.75) is 0 Å². The summed E-state index contributed by atoms with van der Waals surface area (Å²) in [6.45, 7) is 0. The van der Waals surface area contributed by atoms with Gasteiger partial charge in [0.15, 0.2) is 11.6 Å². The van der Waals surface area contributed by atoms with Gasteiger partial charge in [0, 0.05) is 41.2 Å². The zero-order valence-electron chi connectivity index (χ0n) is 16.1. The van der Waals surface area contributed by atoms with Gasteiger partial charge in [-0.25, -0.2) is 9.37 Å². The standard InChI is InChI=1S/C22H16FN7O/c23-17-9-15(3-6-20(17)31-16-4-5-18-14(8-16)12-26-30-18)27-21-10-19(28-22(24)29-21)13-2-1-7-25-11-13/h1-12H,(H,26,30)(H3,24,27,28,29). The molecule has 3 aromatic heterocycles. The van der Waals surface area contributed by atoms with E-state index in [0.29, 0.717) is 22.9 Å². The van der Waals surface area contributed by atoms with Gasteiger partial charge >= 0.3 is 0 Å². The van der Waals surface area contributed by atoms with Gasteiger partial charge in [0.05, 0.1) is 17.4 Å². The maximum absolute atomic E-state index is 14.7. The maximum atomic E-state index is 14.7. The number of nitrogens with one attached hydrogen (secondary N) is 2. The van der Waals surface area contributed by atoms with Crippen LogP contribution in [-0.4, -0.2) is 25.1 Å². The molecular formula is C22H16FN7O. The Balaban J connectivity index is 1.37. The Morgan fingerprint density at radius 3 is 2.77 bits per heavy atom. The zero-order valence-corrected chi connectivity index (χ0v) is 16.1. The highest BCUT2D eigenvalue weighted by atomic mass is 19.1. The number of hydrogen-bond donors (Lipinski definition) is 3. The highest BCUT2D eigenvalue weighted by Crippen LogP contribution is 2.30. The number of anilines is 3. The van der Waals surface area contributed by atoms with Crippen molar-refractivity contribution in [1.82, 2.24) is 25.1 Å². The number of rotatable bonds is 5. The van der Waals surface area contributed by atoms with Crippen molar-refractivity contribution in [3.05, 3.63) is 79.0 Å². The fraction of sp³-hybridized carbons (Fsp3) is 0. The molecule has 0 saturated carbocycles. The summed E-state index contributed by atoms with van der Waals surface area (Å²) in [5.74, 6) is 0.625. The summed E-state index contributed by atoms with van der Waals surface area (Å²) in [6, 6.07) is 15.3. The molecule has 0 amide bonds. The zero-order chi connectivity index (χ0) is 21.2. The third kappa shape index (κ3) is 3.97. The van der Waals surface area contributed by atoms with Crippen LogP contribution in [-0.2, 0) is 0 Å². The number of nitrogens with two attached hydrogens (primary N) is 1. The number of benzene rings is 2. The molecule has 0 aliphatic heterocycles. The quantitative estimate of drug-likeness (QED) is 0.383. The molecule has 0 fully saturated rings. The van der Waals surface area contributed by atoms with E-state index in [1.165, 1.54) is 6.07 Å². The van der Waals surface area contributed by atoms with Crippen LogP contribution in [0.4, 0.5) is 21.8 Å². The molecule has 0 aliphatic carbocycles. The number of fused-ring (bicyclic) bond motifs is 1. The Morgan fingerprint density at radius 1 is 1.00 bits per heavy atom. The van der Waals surface area contributed by atoms with E-state index in [1.54, 1.807) is 55.0 Å². The summed E-state index contributed by atoms with van der Waals surface area (Å²) in [7, 11) is 0. The van der Waals surface area contributed by atoms with Crippen molar-refractivity contribution in [2.75, 3.05) is 11.1 Å². The van der Waals surface area contributed by atoms with E-state index < -0.39 is 5.82 Å². The Kier molecular flexibility index (Phi) is 4.60. The van der Waals surface area contributed by atoms with Crippen LogP contribution in [0, 0.1) is 5.82 Å². The summed E-state index contributed by atoms with van der Waals surface area (Å²) in [4.78, 5) is 12.5. The van der Waals surface area contributed by atoms with Gasteiger partial charge in [-0.05, 0) is 42.5 Å². The van der Waals surface area contributed by atoms with Crippen LogP contribution in [0.2, 0.25) is 0 Å². The van der Waals surface area contributed by atoms with Crippen LogP contribution in [0.15, 0.2) is 73.2 Å². The van der Waals surface area contributed by atoms with Crippen LogP contribution >= 0.6 is 0 Å². The number of aromatic nitrogens is 5. The Bertz CT molecular complexity index is 1370. The van der Waals surface area contributed by atoms with Crippen molar-refractivity contribution < 1.29 is 9.13 Å². The van der Waals surface area contributed by atoms with Crippen LogP contribution < -0.4 is 15.8 Å². The number of halogens is 1. The Labute approximate surface area is 176 Å². The summed E-state index contributed by atoms with van der Waals surface area (Å²) < 4.78 is 20.4. The van der Waals surface area contributed by atoms with Crippen molar-refractivity contribution in [1.29, 1.82) is 0 Å². The third-order valence-corrected chi connectivity index (χ3v) is 4.54. The smallest absolute Gasteiger partial charge is 0.222 e. The Hall–Kier alpha value is -4.53. The van der Waals surface area contributed by atoms with E-state index in [4.69, 9.17) is 10.5 Å². The van der Waals surface area contributed by atoms with E-state index in [1.807, 2.05) is 12.1 Å². The fourth-order valence-electron chi connectivity index (χ4n) is 3.11. The van der Waals surface area contributed by atoms with E-state index in [9.17, 15) is 4.39 Å². The van der Waals surface area contributed by atoms with Crippen molar-refractivity contribution >= 4 is 28.4 Å². The average molecular weight is 413 g/mol. The third-order valence-electron chi connectivity index (χ3n) is 4.54. The lowest BCUT2D eigenvalue weighted by molar-refractivity contribution is 0.443. The lowest BCUT2D eigenvalue weighted by Crippen LogP contribution is -2.02. The first-order valence-electron chi connectivity index (χ1n) is 9.36. The predicted molar refractivity (Wildman–Crippen MR) is 116 cm³/mol.